The number of likely N-dealkylation sites (tertiary alicyclic amines) is 1. The van der Waals surface area contributed by atoms with Crippen molar-refractivity contribution in [3.8, 4) is 16.2 Å². The molecule has 5 atom stereocenters. The second-order valence-corrected chi connectivity index (χ2v) is 19.6. The molecule has 2 fully saturated rings. The zero-order valence-electron chi connectivity index (χ0n) is 36.8. The predicted molar refractivity (Wildman–Crippen MR) is 236 cm³/mol. The van der Waals surface area contributed by atoms with E-state index in [1.807, 2.05) is 57.5 Å². The first-order chi connectivity index (χ1) is 28.7. The molecular formula is C46H66N6O8S. The van der Waals surface area contributed by atoms with Gasteiger partial charge in [-0.05, 0) is 107 Å². The Kier molecular flexibility index (Phi) is 16.0. The summed E-state index contributed by atoms with van der Waals surface area (Å²) in [5.74, 6) is -0.270. The van der Waals surface area contributed by atoms with Crippen molar-refractivity contribution in [1.29, 1.82) is 0 Å². The Hall–Kier alpha value is -4.57. The van der Waals surface area contributed by atoms with E-state index in [0.717, 1.165) is 59.4 Å². The van der Waals surface area contributed by atoms with Crippen molar-refractivity contribution in [2.45, 2.75) is 154 Å². The van der Waals surface area contributed by atoms with Gasteiger partial charge in [-0.3, -0.25) is 19.3 Å². The molecule has 1 saturated heterocycles. The molecule has 1 aliphatic carbocycles. The van der Waals surface area contributed by atoms with Crippen LogP contribution in [0.1, 0.15) is 116 Å². The molecule has 1 saturated carbocycles. The van der Waals surface area contributed by atoms with Crippen LogP contribution >= 0.6 is 11.3 Å². The summed E-state index contributed by atoms with van der Waals surface area (Å²) in [6.07, 6.45) is 2.92. The highest BCUT2D eigenvalue weighted by Crippen LogP contribution is 2.46. The predicted octanol–water partition coefficient (Wildman–Crippen LogP) is 5.85. The molecule has 0 spiro atoms. The average Bonchev–Trinajstić information content (AvgIpc) is 3.65. The van der Waals surface area contributed by atoms with Crippen LogP contribution in [-0.2, 0) is 31.1 Å². The van der Waals surface area contributed by atoms with E-state index in [-0.39, 0.29) is 44.2 Å². The van der Waals surface area contributed by atoms with Crippen molar-refractivity contribution in [2.24, 2.45) is 11.1 Å². The van der Waals surface area contributed by atoms with Gasteiger partial charge in [-0.1, -0.05) is 63.6 Å². The monoisotopic (exact) mass is 862 g/mol. The lowest BCUT2D eigenvalue weighted by atomic mass is 9.84. The van der Waals surface area contributed by atoms with Gasteiger partial charge in [-0.15, -0.1) is 11.3 Å². The lowest BCUT2D eigenvalue weighted by Crippen LogP contribution is -2.60. The summed E-state index contributed by atoms with van der Waals surface area (Å²) in [6, 6.07) is 14.0. The SMILES string of the molecule is Cc1ncsc1-c1ccc(C2(NC(=O)[C@@H]3C[C@@H](O)CN3C(O)[C@@H](NC(=O)CCCCCc3cccc(OC[C@H](CCC(N)=O)NC(=O)OC(C)(C)C)c3)C(C)(C)C)CC2)cc1. The van der Waals surface area contributed by atoms with Gasteiger partial charge in [-0.25, -0.2) is 9.78 Å². The molecule has 1 unspecified atom stereocenters. The summed E-state index contributed by atoms with van der Waals surface area (Å²) in [5, 5.41) is 31.7. The quantitative estimate of drug-likeness (QED) is 0.0748. The minimum Gasteiger partial charge on any atom is -0.491 e. The minimum atomic E-state index is -1.20. The number of hydrogen-bond acceptors (Lipinski definition) is 11. The number of aryl methyl sites for hydroxylation is 2. The summed E-state index contributed by atoms with van der Waals surface area (Å²) in [4.78, 5) is 58.2. The molecule has 2 heterocycles. The fraction of sp³-hybridized carbons (Fsp3) is 0.587. The van der Waals surface area contributed by atoms with E-state index in [0.29, 0.717) is 18.6 Å². The van der Waals surface area contributed by atoms with Crippen LogP contribution in [0.5, 0.6) is 5.75 Å². The minimum absolute atomic E-state index is 0.0911. The number of aromatic nitrogens is 1. The van der Waals surface area contributed by atoms with Gasteiger partial charge in [0.25, 0.3) is 0 Å². The van der Waals surface area contributed by atoms with E-state index < -0.39 is 59.0 Å². The van der Waals surface area contributed by atoms with Gasteiger partial charge in [0.15, 0.2) is 0 Å². The third-order valence-electron chi connectivity index (χ3n) is 11.2. The van der Waals surface area contributed by atoms with Crippen LogP contribution < -0.4 is 26.4 Å². The van der Waals surface area contributed by atoms with Crippen molar-refractivity contribution in [3.05, 3.63) is 70.9 Å². The number of carbonyl (C=O) groups excluding carboxylic acids is 4. The third-order valence-corrected chi connectivity index (χ3v) is 12.2. The largest absolute Gasteiger partial charge is 0.491 e. The zero-order valence-corrected chi connectivity index (χ0v) is 37.6. The lowest BCUT2D eigenvalue weighted by Gasteiger charge is -2.41. The fourth-order valence-electron chi connectivity index (χ4n) is 7.78. The Morgan fingerprint density at radius 3 is 2.34 bits per heavy atom. The molecule has 15 heteroatoms. The average molecular weight is 863 g/mol. The molecule has 4 amide bonds. The summed E-state index contributed by atoms with van der Waals surface area (Å²) in [6.45, 7) is 13.4. The van der Waals surface area contributed by atoms with Gasteiger partial charge in [-0.2, -0.15) is 0 Å². The number of ether oxygens (including phenoxy) is 2. The highest BCUT2D eigenvalue weighted by molar-refractivity contribution is 7.13. The van der Waals surface area contributed by atoms with Crippen LogP contribution in [0.15, 0.2) is 54.0 Å². The number of aliphatic hydroxyl groups excluding tert-OH is 2. The molecule has 0 bridgehead atoms. The molecule has 61 heavy (non-hydrogen) atoms. The van der Waals surface area contributed by atoms with E-state index in [9.17, 15) is 29.4 Å². The second kappa shape index (κ2) is 20.5. The maximum absolute atomic E-state index is 13.9. The van der Waals surface area contributed by atoms with Crippen LogP contribution in [0, 0.1) is 12.3 Å². The normalized spacial score (nSPS) is 19.0. The highest BCUT2D eigenvalue weighted by atomic mass is 32.1. The molecule has 1 aliphatic heterocycles. The molecule has 14 nitrogen and oxygen atoms in total. The number of nitrogens with two attached hydrogens (primary N) is 1. The standard InChI is InChI=1S/C46H66N6O8S/c1-29-39(61-28-48-29)31-16-18-32(19-17-31)46(22-23-46)51-41(56)36-25-34(53)26-52(36)42(57)40(44(2,3)4)50-38(55)15-10-8-9-12-30-13-11-14-35(24-30)59-27-33(20-21-37(47)54)49-43(58)60-45(5,6)7/h11,13-14,16-19,24,28,33-34,36,40,42,53,57H,8-10,12,15,20-23,25-27H2,1-7H3,(H2,47,54)(H,49,58)(H,50,55)(H,51,56)/t33-,34+,36-,40+,42?/m0/s1. The smallest absolute Gasteiger partial charge is 0.407 e. The molecule has 334 valence electrons. The van der Waals surface area contributed by atoms with Crippen molar-refractivity contribution >= 4 is 35.2 Å². The molecule has 1 aromatic heterocycles. The Morgan fingerprint density at radius 1 is 1.00 bits per heavy atom. The Morgan fingerprint density at radius 2 is 1.72 bits per heavy atom. The zero-order chi connectivity index (χ0) is 44.5. The van der Waals surface area contributed by atoms with Crippen LogP contribution in [-0.4, -0.2) is 93.1 Å². The Bertz CT molecular complexity index is 1950. The van der Waals surface area contributed by atoms with Gasteiger partial charge < -0.3 is 41.4 Å². The van der Waals surface area contributed by atoms with Gasteiger partial charge in [0.05, 0.1) is 45.9 Å². The van der Waals surface area contributed by atoms with E-state index in [1.54, 1.807) is 37.0 Å². The third kappa shape index (κ3) is 14.0. The van der Waals surface area contributed by atoms with Crippen molar-refractivity contribution < 1.29 is 38.9 Å². The van der Waals surface area contributed by atoms with E-state index in [1.165, 1.54) is 0 Å². The number of amides is 4. The lowest BCUT2D eigenvalue weighted by molar-refractivity contribution is -0.135. The van der Waals surface area contributed by atoms with Gasteiger partial charge >= 0.3 is 6.09 Å². The molecule has 2 aromatic carbocycles. The number of carbonyl (C=O) groups is 4. The number of aliphatic hydroxyl groups is 2. The van der Waals surface area contributed by atoms with Crippen molar-refractivity contribution in [3.63, 3.8) is 0 Å². The first-order valence-electron chi connectivity index (χ1n) is 21.5. The van der Waals surface area contributed by atoms with Gasteiger partial charge in [0, 0.05) is 19.4 Å². The molecule has 0 radical (unpaired) electrons. The maximum atomic E-state index is 13.9. The Balaban J connectivity index is 1.09. The highest BCUT2D eigenvalue weighted by Gasteiger charge is 2.50. The van der Waals surface area contributed by atoms with Crippen molar-refractivity contribution in [1.82, 2.24) is 25.8 Å². The Labute approximate surface area is 364 Å². The first-order valence-corrected chi connectivity index (χ1v) is 22.3. The van der Waals surface area contributed by atoms with Crippen molar-refractivity contribution in [2.75, 3.05) is 13.2 Å². The van der Waals surface area contributed by atoms with E-state index in [2.05, 4.69) is 45.2 Å². The molecule has 3 aromatic rings. The number of rotatable bonds is 20. The number of benzene rings is 2. The van der Waals surface area contributed by atoms with Crippen LogP contribution in [0.2, 0.25) is 0 Å². The number of thiazole rings is 1. The molecule has 5 rings (SSSR count). The van der Waals surface area contributed by atoms with E-state index >= 15 is 0 Å². The summed E-state index contributed by atoms with van der Waals surface area (Å²) in [5.41, 5.74) is 9.62. The second-order valence-electron chi connectivity index (χ2n) is 18.7. The fourth-order valence-corrected chi connectivity index (χ4v) is 8.59. The summed E-state index contributed by atoms with van der Waals surface area (Å²) in [7, 11) is 0. The molecule has 2 aliphatic rings. The van der Waals surface area contributed by atoms with Crippen LogP contribution in [0.3, 0.4) is 0 Å². The summed E-state index contributed by atoms with van der Waals surface area (Å²) >= 11 is 1.60. The number of nitrogens with zero attached hydrogens (tertiary/aromatic N) is 2. The first kappa shape index (κ1) is 47.5. The van der Waals surface area contributed by atoms with E-state index in [4.69, 9.17) is 15.2 Å². The molecular weight excluding hydrogens is 797 g/mol. The van der Waals surface area contributed by atoms with Crippen LogP contribution in [0.4, 0.5) is 4.79 Å². The van der Waals surface area contributed by atoms with Gasteiger partial charge in [0.1, 0.15) is 24.2 Å². The van der Waals surface area contributed by atoms with Crippen LogP contribution in [0.25, 0.3) is 10.4 Å². The molecule has 7 N–H and O–H groups in total. The topological polar surface area (TPSA) is 205 Å². The van der Waals surface area contributed by atoms with Gasteiger partial charge in [0.2, 0.25) is 17.7 Å². The maximum Gasteiger partial charge on any atom is 0.407 e. The number of unbranched alkanes of at least 4 members (excludes halogenated alkanes) is 2. The summed E-state index contributed by atoms with van der Waals surface area (Å²) < 4.78 is 11.4. The number of nitrogens with one attached hydrogen (secondary N) is 3. The number of alkyl carbamates (subject to hydrolysis) is 1. The number of primary amides is 1. The number of hydrogen-bond donors (Lipinski definition) is 6. The number of β-amino-alcohol motifs (C(OH)–C–C–N with tert-alkyl or cyclic N) is 1.